The molecule has 1 atom stereocenters. The number of aliphatic hydroxyl groups is 1. The normalized spacial score (nSPS) is 12.4. The number of benzene rings is 1. The standard InChI is InChI=1S/C12H16O4S/c1-16-7-10(13)8-17-11-4-2-9(3-5-11)6-12(14)15/h2-5,10,13H,6-8H2,1H3,(H,14,15). The first-order chi connectivity index (χ1) is 8.11. The fraction of sp³-hybridized carbons (Fsp3) is 0.417. The van der Waals surface area contributed by atoms with Gasteiger partial charge < -0.3 is 14.9 Å². The van der Waals surface area contributed by atoms with Gasteiger partial charge in [-0.05, 0) is 17.7 Å². The Morgan fingerprint density at radius 1 is 1.41 bits per heavy atom. The van der Waals surface area contributed by atoms with Crippen LogP contribution in [-0.4, -0.2) is 41.8 Å². The Labute approximate surface area is 105 Å². The van der Waals surface area contributed by atoms with Crippen LogP contribution in [0.2, 0.25) is 0 Å². The van der Waals surface area contributed by atoms with Crippen LogP contribution in [0.4, 0.5) is 0 Å². The van der Waals surface area contributed by atoms with Gasteiger partial charge in [0.2, 0.25) is 0 Å². The molecule has 0 aliphatic carbocycles. The minimum atomic E-state index is -0.832. The highest BCUT2D eigenvalue weighted by molar-refractivity contribution is 7.99. The van der Waals surface area contributed by atoms with Gasteiger partial charge in [0, 0.05) is 17.8 Å². The van der Waals surface area contributed by atoms with Gasteiger partial charge in [0.1, 0.15) is 0 Å². The molecule has 1 unspecified atom stereocenters. The number of carbonyl (C=O) groups is 1. The largest absolute Gasteiger partial charge is 0.481 e. The molecular formula is C12H16O4S. The lowest BCUT2D eigenvalue weighted by Gasteiger charge is -2.08. The molecule has 0 amide bonds. The summed E-state index contributed by atoms with van der Waals surface area (Å²) in [5.41, 5.74) is 0.777. The molecule has 94 valence electrons. The van der Waals surface area contributed by atoms with E-state index in [4.69, 9.17) is 9.84 Å². The molecule has 0 aliphatic heterocycles. The van der Waals surface area contributed by atoms with Gasteiger partial charge in [-0.3, -0.25) is 4.79 Å². The maximum Gasteiger partial charge on any atom is 0.307 e. The average Bonchev–Trinajstić information content (AvgIpc) is 2.28. The third-order valence-electron chi connectivity index (χ3n) is 2.08. The van der Waals surface area contributed by atoms with Crippen LogP contribution < -0.4 is 0 Å². The van der Waals surface area contributed by atoms with E-state index in [0.717, 1.165) is 10.5 Å². The van der Waals surface area contributed by atoms with Crippen molar-refractivity contribution in [3.8, 4) is 0 Å². The Hall–Kier alpha value is -1.04. The molecule has 0 heterocycles. The number of hydrogen-bond acceptors (Lipinski definition) is 4. The van der Waals surface area contributed by atoms with Crippen molar-refractivity contribution in [2.75, 3.05) is 19.5 Å². The maximum atomic E-state index is 10.5. The Kier molecular flexibility index (Phi) is 6.04. The molecule has 5 heteroatoms. The van der Waals surface area contributed by atoms with E-state index in [1.165, 1.54) is 11.8 Å². The highest BCUT2D eigenvalue weighted by atomic mass is 32.2. The number of carboxylic acids is 1. The third-order valence-corrected chi connectivity index (χ3v) is 3.24. The molecule has 0 aliphatic rings. The lowest BCUT2D eigenvalue weighted by atomic mass is 10.2. The van der Waals surface area contributed by atoms with Gasteiger partial charge in [-0.15, -0.1) is 11.8 Å². The van der Waals surface area contributed by atoms with E-state index >= 15 is 0 Å². The Morgan fingerprint density at radius 2 is 2.06 bits per heavy atom. The van der Waals surface area contributed by atoms with Gasteiger partial charge in [-0.1, -0.05) is 12.1 Å². The fourth-order valence-electron chi connectivity index (χ4n) is 1.31. The number of aliphatic carboxylic acids is 1. The van der Waals surface area contributed by atoms with Crippen molar-refractivity contribution in [2.45, 2.75) is 17.4 Å². The summed E-state index contributed by atoms with van der Waals surface area (Å²) in [5, 5.41) is 18.1. The number of thioether (sulfide) groups is 1. The zero-order valence-electron chi connectivity index (χ0n) is 9.63. The molecule has 0 fully saturated rings. The van der Waals surface area contributed by atoms with E-state index in [2.05, 4.69) is 0 Å². The molecule has 2 N–H and O–H groups in total. The summed E-state index contributed by atoms with van der Waals surface area (Å²) in [6.07, 6.45) is -0.444. The van der Waals surface area contributed by atoms with Gasteiger partial charge in [0.25, 0.3) is 0 Å². The maximum absolute atomic E-state index is 10.5. The van der Waals surface area contributed by atoms with Crippen LogP contribution in [0.25, 0.3) is 0 Å². The molecule has 1 rings (SSSR count). The number of methoxy groups -OCH3 is 1. The number of ether oxygens (including phenoxy) is 1. The zero-order chi connectivity index (χ0) is 12.7. The molecule has 17 heavy (non-hydrogen) atoms. The molecule has 1 aromatic carbocycles. The monoisotopic (exact) mass is 256 g/mol. The predicted molar refractivity (Wildman–Crippen MR) is 66.4 cm³/mol. The predicted octanol–water partition coefficient (Wildman–Crippen LogP) is 1.41. The van der Waals surface area contributed by atoms with Crippen LogP contribution in [0.15, 0.2) is 29.2 Å². The zero-order valence-corrected chi connectivity index (χ0v) is 10.4. The highest BCUT2D eigenvalue weighted by Crippen LogP contribution is 2.19. The summed E-state index contributed by atoms with van der Waals surface area (Å²) in [6.45, 7) is 0.324. The molecule has 0 radical (unpaired) electrons. The molecule has 1 aromatic rings. The molecule has 0 spiro atoms. The summed E-state index contributed by atoms with van der Waals surface area (Å²) in [6, 6.07) is 7.31. The van der Waals surface area contributed by atoms with Gasteiger partial charge in [0.15, 0.2) is 0 Å². The molecule has 0 aromatic heterocycles. The molecule has 4 nitrogen and oxygen atoms in total. The van der Waals surface area contributed by atoms with Crippen molar-refractivity contribution in [1.29, 1.82) is 0 Å². The second-order valence-corrected chi connectivity index (χ2v) is 4.73. The minimum Gasteiger partial charge on any atom is -0.481 e. The summed E-state index contributed by atoms with van der Waals surface area (Å²) in [7, 11) is 1.55. The topological polar surface area (TPSA) is 66.8 Å². The fourth-order valence-corrected chi connectivity index (χ4v) is 2.12. The Morgan fingerprint density at radius 3 is 2.59 bits per heavy atom. The first kappa shape index (κ1) is 14.0. The smallest absolute Gasteiger partial charge is 0.307 e. The van der Waals surface area contributed by atoms with Gasteiger partial charge in [-0.2, -0.15) is 0 Å². The SMILES string of the molecule is COCC(O)CSc1ccc(CC(=O)O)cc1. The lowest BCUT2D eigenvalue weighted by molar-refractivity contribution is -0.136. The number of rotatable bonds is 7. The van der Waals surface area contributed by atoms with Crippen molar-refractivity contribution in [3.63, 3.8) is 0 Å². The Balaban J connectivity index is 2.42. The first-order valence-electron chi connectivity index (χ1n) is 5.22. The summed E-state index contributed by atoms with van der Waals surface area (Å²) in [4.78, 5) is 11.5. The Bertz CT molecular complexity index is 350. The van der Waals surface area contributed by atoms with Crippen LogP contribution in [-0.2, 0) is 16.0 Å². The van der Waals surface area contributed by atoms with Crippen LogP contribution in [0.5, 0.6) is 0 Å². The second kappa shape index (κ2) is 7.32. The number of aliphatic hydroxyl groups excluding tert-OH is 1. The minimum absolute atomic E-state index is 0.0389. The summed E-state index contributed by atoms with van der Waals surface area (Å²) >= 11 is 1.52. The van der Waals surface area contributed by atoms with E-state index in [1.54, 1.807) is 19.2 Å². The lowest BCUT2D eigenvalue weighted by Crippen LogP contribution is -2.16. The molecule has 0 saturated heterocycles. The van der Waals surface area contributed by atoms with Crippen molar-refractivity contribution < 1.29 is 19.7 Å². The molecule has 0 saturated carbocycles. The van der Waals surface area contributed by atoms with E-state index in [-0.39, 0.29) is 6.42 Å². The van der Waals surface area contributed by atoms with Crippen molar-refractivity contribution in [3.05, 3.63) is 29.8 Å². The molecule has 0 bridgehead atoms. The van der Waals surface area contributed by atoms with Crippen molar-refractivity contribution in [1.82, 2.24) is 0 Å². The number of hydrogen-bond donors (Lipinski definition) is 2. The van der Waals surface area contributed by atoms with E-state index in [9.17, 15) is 9.90 Å². The van der Waals surface area contributed by atoms with Crippen LogP contribution >= 0.6 is 11.8 Å². The van der Waals surface area contributed by atoms with Gasteiger partial charge in [-0.25, -0.2) is 0 Å². The average molecular weight is 256 g/mol. The second-order valence-electron chi connectivity index (χ2n) is 3.63. The van der Waals surface area contributed by atoms with Crippen LogP contribution in [0.3, 0.4) is 0 Å². The summed E-state index contributed by atoms with van der Waals surface area (Å²) in [5.74, 6) is -0.271. The third kappa shape index (κ3) is 5.72. The summed E-state index contributed by atoms with van der Waals surface area (Å²) < 4.78 is 4.83. The van der Waals surface area contributed by atoms with Crippen LogP contribution in [0, 0.1) is 0 Å². The number of carboxylic acid groups (broad SMARTS) is 1. The quantitative estimate of drug-likeness (QED) is 0.722. The van der Waals surface area contributed by atoms with E-state index in [0.29, 0.717) is 12.4 Å². The van der Waals surface area contributed by atoms with Gasteiger partial charge in [0.05, 0.1) is 19.1 Å². The van der Waals surface area contributed by atoms with E-state index < -0.39 is 12.1 Å². The van der Waals surface area contributed by atoms with Crippen LogP contribution in [0.1, 0.15) is 5.56 Å². The van der Waals surface area contributed by atoms with Crippen molar-refractivity contribution >= 4 is 17.7 Å². The van der Waals surface area contributed by atoms with E-state index in [1.807, 2.05) is 12.1 Å². The van der Waals surface area contributed by atoms with Crippen molar-refractivity contribution in [2.24, 2.45) is 0 Å². The first-order valence-corrected chi connectivity index (χ1v) is 6.21. The van der Waals surface area contributed by atoms with Gasteiger partial charge >= 0.3 is 5.97 Å². The highest BCUT2D eigenvalue weighted by Gasteiger charge is 2.05. The molecular weight excluding hydrogens is 240 g/mol.